The van der Waals surface area contributed by atoms with Gasteiger partial charge >= 0.3 is 0 Å². The third kappa shape index (κ3) is 3.11. The molecule has 1 aliphatic rings. The number of ether oxygens (including phenoxy) is 1. The molecule has 2 rings (SSSR count). The highest BCUT2D eigenvalue weighted by molar-refractivity contribution is 7.89. The van der Waals surface area contributed by atoms with E-state index < -0.39 is 10.0 Å². The first-order valence-corrected chi connectivity index (χ1v) is 8.24. The summed E-state index contributed by atoms with van der Waals surface area (Å²) in [6, 6.07) is 6.90. The summed E-state index contributed by atoms with van der Waals surface area (Å²) in [7, 11) is -1.78. The monoisotopic (exact) mass is 303 g/mol. The predicted molar refractivity (Wildman–Crippen MR) is 74.8 cm³/mol. The molecule has 1 aromatic rings. The van der Waals surface area contributed by atoms with Crippen LogP contribution >= 0.6 is 11.6 Å². The van der Waals surface area contributed by atoms with E-state index in [2.05, 4.69) is 0 Å². The summed E-state index contributed by atoms with van der Waals surface area (Å²) in [5, 5.41) is 0. The normalized spacial score (nSPS) is 18.6. The van der Waals surface area contributed by atoms with E-state index in [1.54, 1.807) is 31.4 Å². The molecule has 1 heterocycles. The quantitative estimate of drug-likeness (QED) is 0.801. The lowest BCUT2D eigenvalue weighted by Crippen LogP contribution is -2.40. The maximum atomic E-state index is 12.6. The first-order valence-electron chi connectivity index (χ1n) is 6.26. The summed E-state index contributed by atoms with van der Waals surface area (Å²) in [6.45, 7) is 0.995. The molecule has 4 nitrogen and oxygen atoms in total. The van der Waals surface area contributed by atoms with Crippen LogP contribution in [0.15, 0.2) is 29.2 Å². The second-order valence-corrected chi connectivity index (χ2v) is 6.75. The summed E-state index contributed by atoms with van der Waals surface area (Å²) in [5.74, 6) is 0.198. The molecule has 1 aliphatic heterocycles. The van der Waals surface area contributed by atoms with Crippen molar-refractivity contribution in [1.29, 1.82) is 0 Å². The molecule has 0 aromatic heterocycles. The van der Waals surface area contributed by atoms with Crippen molar-refractivity contribution in [1.82, 2.24) is 4.31 Å². The van der Waals surface area contributed by atoms with Gasteiger partial charge in [-0.25, -0.2) is 8.42 Å². The Morgan fingerprint density at radius 3 is 2.53 bits per heavy atom. The molecule has 0 bridgehead atoms. The molecular formula is C13H18ClNO3S. The Kier molecular flexibility index (Phi) is 4.84. The highest BCUT2D eigenvalue weighted by Gasteiger charge is 2.30. The largest absolute Gasteiger partial charge is 0.381 e. The molecule has 106 valence electrons. The fourth-order valence-electron chi connectivity index (χ4n) is 2.31. The lowest BCUT2D eigenvalue weighted by atomic mass is 10.1. The van der Waals surface area contributed by atoms with Gasteiger partial charge < -0.3 is 4.74 Å². The molecule has 0 saturated carbocycles. The molecule has 1 saturated heterocycles. The molecule has 1 fully saturated rings. The molecule has 0 N–H and O–H groups in total. The third-order valence-electron chi connectivity index (χ3n) is 3.47. The zero-order valence-electron chi connectivity index (χ0n) is 10.9. The zero-order chi connectivity index (χ0) is 13.9. The SMILES string of the molecule is COC1CCN(S(=O)(=O)c2ccccc2CCl)CC1. The second-order valence-electron chi connectivity index (χ2n) is 4.58. The molecule has 0 aliphatic carbocycles. The molecule has 6 heteroatoms. The number of hydrogen-bond donors (Lipinski definition) is 0. The minimum absolute atomic E-state index is 0.162. The maximum Gasteiger partial charge on any atom is 0.243 e. The Hall–Kier alpha value is -0.620. The smallest absolute Gasteiger partial charge is 0.243 e. The predicted octanol–water partition coefficient (Wildman–Crippen LogP) is 2.22. The minimum Gasteiger partial charge on any atom is -0.381 e. The summed E-state index contributed by atoms with van der Waals surface area (Å²) in [6.07, 6.45) is 1.63. The van der Waals surface area contributed by atoms with E-state index in [-0.39, 0.29) is 12.0 Å². The van der Waals surface area contributed by atoms with Gasteiger partial charge in [-0.2, -0.15) is 4.31 Å². The molecule has 1 aromatic carbocycles. The molecule has 0 radical (unpaired) electrons. The maximum absolute atomic E-state index is 12.6. The zero-order valence-corrected chi connectivity index (χ0v) is 12.5. The van der Waals surface area contributed by atoms with Crippen molar-refractivity contribution >= 4 is 21.6 Å². The van der Waals surface area contributed by atoms with Crippen LogP contribution in [0.4, 0.5) is 0 Å². The number of rotatable bonds is 4. The van der Waals surface area contributed by atoms with E-state index in [0.717, 1.165) is 12.8 Å². The number of sulfonamides is 1. The Labute approximate surface area is 119 Å². The van der Waals surface area contributed by atoms with E-state index in [9.17, 15) is 8.42 Å². The van der Waals surface area contributed by atoms with Crippen LogP contribution in [0.1, 0.15) is 18.4 Å². The van der Waals surface area contributed by atoms with Crippen molar-refractivity contribution in [2.24, 2.45) is 0 Å². The van der Waals surface area contributed by atoms with E-state index in [1.165, 1.54) is 4.31 Å². The Morgan fingerprint density at radius 2 is 1.95 bits per heavy atom. The van der Waals surface area contributed by atoms with Gasteiger partial charge in [-0.1, -0.05) is 18.2 Å². The number of piperidine rings is 1. The van der Waals surface area contributed by atoms with E-state index in [1.807, 2.05) is 0 Å². The number of alkyl halides is 1. The van der Waals surface area contributed by atoms with Crippen LogP contribution in [0.3, 0.4) is 0 Å². The van der Waals surface area contributed by atoms with Crippen molar-refractivity contribution in [3.05, 3.63) is 29.8 Å². The summed E-state index contributed by atoms with van der Waals surface area (Å²) >= 11 is 5.82. The van der Waals surface area contributed by atoms with Crippen LogP contribution in [-0.2, 0) is 20.6 Å². The molecule has 19 heavy (non-hydrogen) atoms. The third-order valence-corrected chi connectivity index (χ3v) is 5.76. The van der Waals surface area contributed by atoms with Gasteiger partial charge in [0.1, 0.15) is 0 Å². The van der Waals surface area contributed by atoms with Crippen LogP contribution in [0.5, 0.6) is 0 Å². The molecule has 0 atom stereocenters. The number of methoxy groups -OCH3 is 1. The first kappa shape index (κ1) is 14.8. The fraction of sp³-hybridized carbons (Fsp3) is 0.538. The van der Waals surface area contributed by atoms with Crippen LogP contribution in [0.25, 0.3) is 0 Å². The van der Waals surface area contributed by atoms with E-state index in [0.29, 0.717) is 23.5 Å². The highest BCUT2D eigenvalue weighted by Crippen LogP contribution is 2.25. The van der Waals surface area contributed by atoms with Gasteiger partial charge in [0.2, 0.25) is 10.0 Å². The average Bonchev–Trinajstić information content (AvgIpc) is 2.47. The Morgan fingerprint density at radius 1 is 1.32 bits per heavy atom. The summed E-state index contributed by atoms with van der Waals surface area (Å²) in [4.78, 5) is 0.320. The van der Waals surface area contributed by atoms with Crippen molar-refractivity contribution in [3.63, 3.8) is 0 Å². The van der Waals surface area contributed by atoms with Crippen LogP contribution in [-0.4, -0.2) is 39.0 Å². The van der Waals surface area contributed by atoms with Crippen LogP contribution < -0.4 is 0 Å². The second kappa shape index (κ2) is 6.22. The average molecular weight is 304 g/mol. The topological polar surface area (TPSA) is 46.6 Å². The lowest BCUT2D eigenvalue weighted by Gasteiger charge is -2.30. The van der Waals surface area contributed by atoms with E-state index in [4.69, 9.17) is 16.3 Å². The standard InChI is InChI=1S/C13H18ClNO3S/c1-18-12-6-8-15(9-7-12)19(16,17)13-5-3-2-4-11(13)10-14/h2-5,12H,6-10H2,1H3. The van der Waals surface area contributed by atoms with Crippen molar-refractivity contribution in [3.8, 4) is 0 Å². The molecule has 0 spiro atoms. The highest BCUT2D eigenvalue weighted by atomic mass is 35.5. The van der Waals surface area contributed by atoms with Gasteiger partial charge in [-0.15, -0.1) is 11.6 Å². The van der Waals surface area contributed by atoms with Gasteiger partial charge in [-0.3, -0.25) is 0 Å². The number of halogens is 1. The summed E-state index contributed by atoms with van der Waals surface area (Å²) in [5.41, 5.74) is 0.651. The number of benzene rings is 1. The van der Waals surface area contributed by atoms with Gasteiger partial charge in [0.05, 0.1) is 11.0 Å². The van der Waals surface area contributed by atoms with Crippen molar-refractivity contribution < 1.29 is 13.2 Å². The lowest BCUT2D eigenvalue weighted by molar-refractivity contribution is 0.0604. The van der Waals surface area contributed by atoms with E-state index >= 15 is 0 Å². The van der Waals surface area contributed by atoms with Crippen molar-refractivity contribution in [2.75, 3.05) is 20.2 Å². The fourth-order valence-corrected chi connectivity index (χ4v) is 4.32. The minimum atomic E-state index is -3.44. The van der Waals surface area contributed by atoms with Gasteiger partial charge in [-0.05, 0) is 24.5 Å². The van der Waals surface area contributed by atoms with Gasteiger partial charge in [0.25, 0.3) is 0 Å². The Bertz CT molecular complexity index is 524. The van der Waals surface area contributed by atoms with Gasteiger partial charge in [0.15, 0.2) is 0 Å². The van der Waals surface area contributed by atoms with Gasteiger partial charge in [0, 0.05) is 26.1 Å². The number of hydrogen-bond acceptors (Lipinski definition) is 3. The van der Waals surface area contributed by atoms with Crippen LogP contribution in [0, 0.1) is 0 Å². The van der Waals surface area contributed by atoms with Crippen LogP contribution in [0.2, 0.25) is 0 Å². The summed E-state index contributed by atoms with van der Waals surface area (Å²) < 4.78 is 32.0. The number of nitrogens with zero attached hydrogens (tertiary/aromatic N) is 1. The molecular weight excluding hydrogens is 286 g/mol. The molecule has 0 amide bonds. The Balaban J connectivity index is 2.23. The van der Waals surface area contributed by atoms with Crippen molar-refractivity contribution in [2.45, 2.75) is 29.7 Å². The first-order chi connectivity index (χ1) is 9.09. The molecule has 0 unspecified atom stereocenters.